The molecule has 0 aliphatic carbocycles. The number of urea groups is 1. The highest BCUT2D eigenvalue weighted by molar-refractivity contribution is 6.31. The van der Waals surface area contributed by atoms with Gasteiger partial charge in [0.2, 0.25) is 0 Å². The van der Waals surface area contributed by atoms with E-state index in [9.17, 15) is 14.4 Å². The lowest BCUT2D eigenvalue weighted by molar-refractivity contribution is -0.123. The first-order chi connectivity index (χ1) is 21.5. The van der Waals surface area contributed by atoms with E-state index in [2.05, 4.69) is 93.8 Å². The molecule has 0 saturated carbocycles. The topological polar surface area (TPSA) is 83.4 Å². The summed E-state index contributed by atoms with van der Waals surface area (Å²) in [6.45, 7) is 3.02. The number of aromatic nitrogens is 1. The van der Waals surface area contributed by atoms with Crippen molar-refractivity contribution in [2.75, 3.05) is 4.90 Å². The number of barbiturate groups is 1. The van der Waals surface area contributed by atoms with E-state index in [0.29, 0.717) is 0 Å². The lowest BCUT2D eigenvalue weighted by atomic mass is 10.0. The van der Waals surface area contributed by atoms with Gasteiger partial charge in [-0.2, -0.15) is 0 Å². The number of amides is 4. The fraction of sp³-hybridized carbons (Fsp3) is 0.162. The third-order valence-electron chi connectivity index (χ3n) is 7.90. The summed E-state index contributed by atoms with van der Waals surface area (Å²) in [4.78, 5) is 38.9. The van der Waals surface area contributed by atoms with Gasteiger partial charge in [-0.1, -0.05) is 80.8 Å². The molecule has 1 aromatic heterocycles. The maximum absolute atomic E-state index is 12.5. The maximum Gasteiger partial charge on any atom is 0.328 e. The molecule has 4 amide bonds. The van der Waals surface area contributed by atoms with Crippen LogP contribution >= 0.6 is 0 Å². The predicted octanol–water partition coefficient (Wildman–Crippen LogP) is 8.11. The van der Waals surface area contributed by atoms with Crippen molar-refractivity contribution in [1.29, 1.82) is 0 Å². The van der Waals surface area contributed by atoms with Crippen LogP contribution in [0.15, 0.2) is 115 Å². The highest BCUT2D eigenvalue weighted by Gasteiger charge is 2.28. The lowest BCUT2D eigenvalue weighted by Crippen LogP contribution is -2.51. The van der Waals surface area contributed by atoms with E-state index in [1.54, 1.807) is 6.08 Å². The normalized spacial score (nSPS) is 13.1. The highest BCUT2D eigenvalue weighted by atomic mass is 16.2. The molecule has 2 heterocycles. The number of anilines is 3. The number of fused-ring (bicyclic) bond motifs is 1. The van der Waals surface area contributed by atoms with Crippen LogP contribution in [0.2, 0.25) is 0 Å². The van der Waals surface area contributed by atoms with Crippen LogP contribution in [0.1, 0.15) is 38.2 Å². The number of nitrogens with zero attached hydrogens (tertiary/aromatic N) is 2. The minimum absolute atomic E-state index is 0.0914. The first kappa shape index (κ1) is 28.7. The molecular formula is C37H34N4O3. The van der Waals surface area contributed by atoms with Crippen LogP contribution in [0.4, 0.5) is 21.9 Å². The summed E-state index contributed by atoms with van der Waals surface area (Å²) in [5.74, 6) is -1.40. The first-order valence-corrected chi connectivity index (χ1v) is 15.0. The van der Waals surface area contributed by atoms with Crippen molar-refractivity contribution in [1.82, 2.24) is 15.2 Å². The van der Waals surface area contributed by atoms with Gasteiger partial charge in [0.1, 0.15) is 5.57 Å². The Morgan fingerprint density at radius 2 is 1.27 bits per heavy atom. The number of nitrogens with one attached hydrogen (secondary N) is 2. The predicted molar refractivity (Wildman–Crippen MR) is 176 cm³/mol. The summed E-state index contributed by atoms with van der Waals surface area (Å²) < 4.78 is 2.19. The quantitative estimate of drug-likeness (QED) is 0.0990. The number of carbonyl (C=O) groups excluding carboxylic acids is 3. The number of imide groups is 2. The van der Waals surface area contributed by atoms with Crippen LogP contribution < -0.4 is 15.5 Å². The van der Waals surface area contributed by atoms with Crippen LogP contribution in [0, 0.1) is 0 Å². The molecule has 1 fully saturated rings. The van der Waals surface area contributed by atoms with Crippen molar-refractivity contribution in [2.45, 2.75) is 39.2 Å². The van der Waals surface area contributed by atoms with Gasteiger partial charge in [0, 0.05) is 46.3 Å². The lowest BCUT2D eigenvalue weighted by Gasteiger charge is -2.25. The van der Waals surface area contributed by atoms with E-state index in [4.69, 9.17) is 0 Å². The molecule has 1 saturated heterocycles. The van der Waals surface area contributed by atoms with Crippen LogP contribution in [0.25, 0.3) is 28.1 Å². The number of aryl methyl sites for hydroxylation is 1. The molecule has 0 unspecified atom stereocenters. The van der Waals surface area contributed by atoms with Gasteiger partial charge < -0.3 is 9.47 Å². The van der Waals surface area contributed by atoms with Crippen LogP contribution in [0.5, 0.6) is 0 Å². The molecular weight excluding hydrogens is 548 g/mol. The van der Waals surface area contributed by atoms with Gasteiger partial charge >= 0.3 is 6.03 Å². The Balaban J connectivity index is 1.37. The minimum atomic E-state index is -0.806. The average Bonchev–Trinajstić information content (AvgIpc) is 3.39. The monoisotopic (exact) mass is 582 g/mol. The zero-order valence-electron chi connectivity index (χ0n) is 24.6. The molecule has 7 heteroatoms. The summed E-state index contributed by atoms with van der Waals surface area (Å²) in [5.41, 5.74) is 6.94. The molecule has 0 atom stereocenters. The van der Waals surface area contributed by atoms with Crippen molar-refractivity contribution in [3.63, 3.8) is 0 Å². The summed E-state index contributed by atoms with van der Waals surface area (Å²) in [5, 5.41) is 5.27. The largest absolute Gasteiger partial charge is 0.347 e. The molecule has 7 nitrogen and oxygen atoms in total. The number of unbranched alkanes of at least 4 members (excludes halogenated alkanes) is 3. The number of rotatable bonds is 10. The number of para-hydroxylation sites is 2. The standard InChI is InChI=1S/C37H34N4O3/c1-2-3-4-11-22-40-25-28(24-33-35(42)38-37(44)39-36(33)43)32-23-27(18-21-34(32)40)26-16-19-31(20-17-26)41(29-12-7-5-8-13-29)30-14-9-6-10-15-30/h5-10,12-21,23-25H,2-4,11,22H2,1H3,(H2,38,39,42,43,44). The molecule has 0 spiro atoms. The fourth-order valence-electron chi connectivity index (χ4n) is 5.68. The molecule has 1 aliphatic rings. The van der Waals surface area contributed by atoms with E-state index < -0.39 is 17.8 Å². The Labute approximate surface area is 256 Å². The number of hydrogen-bond donors (Lipinski definition) is 2. The molecule has 44 heavy (non-hydrogen) atoms. The zero-order valence-corrected chi connectivity index (χ0v) is 24.6. The van der Waals surface area contributed by atoms with Crippen LogP contribution in [0.3, 0.4) is 0 Å². The summed E-state index contributed by atoms with van der Waals surface area (Å²) >= 11 is 0. The molecule has 0 bridgehead atoms. The minimum Gasteiger partial charge on any atom is -0.347 e. The Morgan fingerprint density at radius 3 is 1.89 bits per heavy atom. The Hall–Kier alpha value is -5.43. The van der Waals surface area contributed by atoms with E-state index in [0.717, 1.165) is 70.5 Å². The van der Waals surface area contributed by atoms with E-state index >= 15 is 0 Å². The zero-order chi connectivity index (χ0) is 30.5. The maximum atomic E-state index is 12.5. The van der Waals surface area contributed by atoms with Gasteiger partial charge in [-0.05, 0) is 72.2 Å². The molecule has 0 radical (unpaired) electrons. The van der Waals surface area contributed by atoms with E-state index in [1.165, 1.54) is 6.42 Å². The number of carbonyl (C=O) groups is 3. The van der Waals surface area contributed by atoms with Crippen molar-refractivity contribution < 1.29 is 14.4 Å². The second kappa shape index (κ2) is 12.8. The summed E-state index contributed by atoms with van der Waals surface area (Å²) in [6.07, 6.45) is 8.07. The molecule has 6 rings (SSSR count). The van der Waals surface area contributed by atoms with Gasteiger partial charge in [-0.25, -0.2) is 4.79 Å². The second-order valence-corrected chi connectivity index (χ2v) is 10.9. The smallest absolute Gasteiger partial charge is 0.328 e. The number of hydrogen-bond acceptors (Lipinski definition) is 4. The van der Waals surface area contributed by atoms with Gasteiger partial charge in [-0.15, -0.1) is 0 Å². The van der Waals surface area contributed by atoms with Crippen molar-refractivity contribution in [3.05, 3.63) is 120 Å². The summed E-state index contributed by atoms with van der Waals surface area (Å²) in [7, 11) is 0. The highest BCUT2D eigenvalue weighted by Crippen LogP contribution is 2.36. The van der Waals surface area contributed by atoms with Crippen LogP contribution in [-0.4, -0.2) is 22.4 Å². The SMILES string of the molecule is CCCCCCn1cc(C=C2C(=O)NC(=O)NC2=O)c2cc(-c3ccc(N(c4ccccc4)c4ccccc4)cc3)ccc21. The van der Waals surface area contributed by atoms with Gasteiger partial charge in [0.15, 0.2) is 0 Å². The molecule has 220 valence electrons. The Kier molecular flexibility index (Phi) is 8.36. The molecule has 2 N–H and O–H groups in total. The third kappa shape index (κ3) is 6.03. The van der Waals surface area contributed by atoms with Crippen molar-refractivity contribution in [2.24, 2.45) is 0 Å². The first-order valence-electron chi connectivity index (χ1n) is 15.0. The van der Waals surface area contributed by atoms with Gasteiger partial charge in [0.25, 0.3) is 11.8 Å². The fourth-order valence-corrected chi connectivity index (χ4v) is 5.68. The van der Waals surface area contributed by atoms with Crippen LogP contribution in [-0.2, 0) is 16.1 Å². The summed E-state index contributed by atoms with van der Waals surface area (Å²) in [6, 6.07) is 34.6. The van der Waals surface area contributed by atoms with E-state index in [-0.39, 0.29) is 5.57 Å². The van der Waals surface area contributed by atoms with Gasteiger partial charge in [0.05, 0.1) is 0 Å². The Morgan fingerprint density at radius 1 is 0.682 bits per heavy atom. The number of benzene rings is 4. The Bertz CT molecular complexity index is 1780. The molecule has 1 aliphatic heterocycles. The van der Waals surface area contributed by atoms with E-state index in [1.807, 2.05) is 42.6 Å². The molecule has 5 aromatic rings. The van der Waals surface area contributed by atoms with Gasteiger partial charge in [-0.3, -0.25) is 20.2 Å². The average molecular weight is 583 g/mol. The second-order valence-electron chi connectivity index (χ2n) is 10.9. The molecule has 4 aromatic carbocycles. The van der Waals surface area contributed by atoms with Crippen molar-refractivity contribution in [3.8, 4) is 11.1 Å². The third-order valence-corrected chi connectivity index (χ3v) is 7.90. The van der Waals surface area contributed by atoms with Crippen molar-refractivity contribution >= 4 is 51.9 Å².